The van der Waals surface area contributed by atoms with Gasteiger partial charge in [-0.15, -0.1) is 5.10 Å². The van der Waals surface area contributed by atoms with Gasteiger partial charge in [-0.25, -0.2) is 9.59 Å². The van der Waals surface area contributed by atoms with Crippen LogP contribution in [0.1, 0.15) is 10.4 Å². The van der Waals surface area contributed by atoms with Crippen LogP contribution in [0.3, 0.4) is 0 Å². The van der Waals surface area contributed by atoms with Crippen LogP contribution in [0.25, 0.3) is 0 Å². The van der Waals surface area contributed by atoms with E-state index in [1.165, 1.54) is 18.3 Å². The molecular weight excluding hydrogens is 336 g/mol. The van der Waals surface area contributed by atoms with Crippen LogP contribution in [-0.4, -0.2) is 26.7 Å². The molecule has 9 heteroatoms. The van der Waals surface area contributed by atoms with E-state index < -0.39 is 12.0 Å². The number of urea groups is 1. The number of benzene rings is 1. The number of carboxylic acid groups (broad SMARTS) is 1. The highest BCUT2D eigenvalue weighted by Gasteiger charge is 2.10. The second-order valence-electron chi connectivity index (χ2n) is 3.36. The molecule has 0 unspecified atom stereocenters. The standard InChI is InChI=1S/C10H7BrN4O3S/c11-6-2-1-5(9(16)17)3-7(6)13-10(18)14-8-4-12-15-19-8/h1-4H,(H,16,17)(H2,13,14,18). The van der Waals surface area contributed by atoms with Crippen molar-refractivity contribution in [2.24, 2.45) is 0 Å². The molecule has 0 saturated carbocycles. The average molecular weight is 343 g/mol. The number of aromatic nitrogens is 2. The first-order valence-electron chi connectivity index (χ1n) is 4.94. The Bertz CT molecular complexity index is 617. The number of hydrogen-bond donors (Lipinski definition) is 3. The largest absolute Gasteiger partial charge is 0.478 e. The van der Waals surface area contributed by atoms with Crippen molar-refractivity contribution in [3.8, 4) is 0 Å². The van der Waals surface area contributed by atoms with Crippen LogP contribution in [0.4, 0.5) is 15.5 Å². The Hall–Kier alpha value is -2.00. The summed E-state index contributed by atoms with van der Waals surface area (Å²) in [6.45, 7) is 0. The van der Waals surface area contributed by atoms with Gasteiger partial charge >= 0.3 is 12.0 Å². The maximum absolute atomic E-state index is 11.7. The number of hydrogen-bond acceptors (Lipinski definition) is 5. The average Bonchev–Trinajstić information content (AvgIpc) is 2.84. The van der Waals surface area contributed by atoms with Crippen LogP contribution >= 0.6 is 27.5 Å². The fourth-order valence-electron chi connectivity index (χ4n) is 1.24. The number of amides is 2. The molecule has 2 amide bonds. The topological polar surface area (TPSA) is 104 Å². The molecule has 0 aliphatic heterocycles. The monoisotopic (exact) mass is 342 g/mol. The highest BCUT2D eigenvalue weighted by Crippen LogP contribution is 2.24. The first-order chi connectivity index (χ1) is 9.06. The zero-order valence-electron chi connectivity index (χ0n) is 9.25. The van der Waals surface area contributed by atoms with Crippen molar-refractivity contribution in [2.45, 2.75) is 0 Å². The van der Waals surface area contributed by atoms with E-state index >= 15 is 0 Å². The van der Waals surface area contributed by atoms with E-state index in [1.54, 1.807) is 6.07 Å². The molecule has 98 valence electrons. The predicted octanol–water partition coefficient (Wildman–Crippen LogP) is 2.64. The summed E-state index contributed by atoms with van der Waals surface area (Å²) in [6, 6.07) is 3.83. The Labute approximate surface area is 119 Å². The predicted molar refractivity (Wildman–Crippen MR) is 73.7 cm³/mol. The van der Waals surface area contributed by atoms with E-state index in [9.17, 15) is 9.59 Å². The summed E-state index contributed by atoms with van der Waals surface area (Å²) < 4.78 is 4.18. The van der Waals surface area contributed by atoms with Crippen LogP contribution in [0, 0.1) is 0 Å². The number of halogens is 1. The number of anilines is 2. The first kappa shape index (κ1) is 13.4. The van der Waals surface area contributed by atoms with Crippen molar-refractivity contribution in [2.75, 3.05) is 10.6 Å². The number of rotatable bonds is 3. The Morgan fingerprint density at radius 3 is 2.74 bits per heavy atom. The molecule has 2 rings (SSSR count). The van der Waals surface area contributed by atoms with Crippen molar-refractivity contribution in [1.29, 1.82) is 0 Å². The molecule has 7 nitrogen and oxygen atoms in total. The Morgan fingerprint density at radius 1 is 1.32 bits per heavy atom. The maximum atomic E-state index is 11.7. The summed E-state index contributed by atoms with van der Waals surface area (Å²) in [4.78, 5) is 22.5. The molecule has 0 fully saturated rings. The molecule has 3 N–H and O–H groups in total. The molecule has 2 aromatic rings. The number of carbonyl (C=O) groups is 2. The lowest BCUT2D eigenvalue weighted by molar-refractivity contribution is 0.0697. The Balaban J connectivity index is 2.11. The van der Waals surface area contributed by atoms with Gasteiger partial charge in [-0.2, -0.15) is 0 Å². The normalized spacial score (nSPS) is 9.95. The van der Waals surface area contributed by atoms with E-state index in [-0.39, 0.29) is 5.56 Å². The van der Waals surface area contributed by atoms with Crippen LogP contribution in [0.15, 0.2) is 28.9 Å². The van der Waals surface area contributed by atoms with Gasteiger partial charge in [-0.1, -0.05) is 4.49 Å². The molecule has 0 aliphatic carbocycles. The fraction of sp³-hybridized carbons (Fsp3) is 0. The molecule has 0 bridgehead atoms. The van der Waals surface area contributed by atoms with E-state index in [1.807, 2.05) is 0 Å². The van der Waals surface area contributed by atoms with E-state index in [0.717, 1.165) is 11.5 Å². The molecule has 0 saturated heterocycles. The zero-order chi connectivity index (χ0) is 13.8. The van der Waals surface area contributed by atoms with Gasteiger partial charge in [0.05, 0.1) is 17.4 Å². The molecule has 1 aromatic heterocycles. The van der Waals surface area contributed by atoms with Crippen LogP contribution in [0.5, 0.6) is 0 Å². The SMILES string of the molecule is O=C(Nc1cnns1)Nc1cc(C(=O)O)ccc1Br. The van der Waals surface area contributed by atoms with Gasteiger partial charge < -0.3 is 10.4 Å². The minimum atomic E-state index is -1.07. The molecule has 0 radical (unpaired) electrons. The number of nitrogens with one attached hydrogen (secondary N) is 2. The second-order valence-corrected chi connectivity index (χ2v) is 5.00. The minimum Gasteiger partial charge on any atom is -0.478 e. The van der Waals surface area contributed by atoms with Crippen LogP contribution < -0.4 is 10.6 Å². The fourth-order valence-corrected chi connectivity index (χ4v) is 2.00. The van der Waals surface area contributed by atoms with E-state index in [0.29, 0.717) is 15.2 Å². The lowest BCUT2D eigenvalue weighted by atomic mass is 10.2. The summed E-state index contributed by atoms with van der Waals surface area (Å²) in [7, 11) is 0. The number of aromatic carboxylic acids is 1. The highest BCUT2D eigenvalue weighted by molar-refractivity contribution is 9.10. The lowest BCUT2D eigenvalue weighted by Crippen LogP contribution is -2.19. The third-order valence-corrected chi connectivity index (χ3v) is 3.33. The minimum absolute atomic E-state index is 0.0814. The summed E-state index contributed by atoms with van der Waals surface area (Å²) in [5.41, 5.74) is 0.438. The smallest absolute Gasteiger partial charge is 0.335 e. The Kier molecular flexibility index (Phi) is 4.07. The molecular formula is C10H7BrN4O3S. The third-order valence-electron chi connectivity index (χ3n) is 2.06. The van der Waals surface area contributed by atoms with Crippen LogP contribution in [0.2, 0.25) is 0 Å². The first-order valence-corrected chi connectivity index (χ1v) is 6.51. The summed E-state index contributed by atoms with van der Waals surface area (Å²) in [5.74, 6) is -1.07. The van der Waals surface area contributed by atoms with Gasteiger partial charge in [0.25, 0.3) is 0 Å². The molecule has 1 aromatic carbocycles. The van der Waals surface area contributed by atoms with Crippen molar-refractivity contribution in [3.05, 3.63) is 34.4 Å². The second kappa shape index (κ2) is 5.76. The molecule has 0 aliphatic rings. The Morgan fingerprint density at radius 2 is 2.11 bits per heavy atom. The molecule has 19 heavy (non-hydrogen) atoms. The maximum Gasteiger partial charge on any atom is 0.335 e. The zero-order valence-corrected chi connectivity index (χ0v) is 11.7. The highest BCUT2D eigenvalue weighted by atomic mass is 79.9. The third kappa shape index (κ3) is 3.48. The van der Waals surface area contributed by atoms with Gasteiger partial charge in [-0.3, -0.25) is 5.32 Å². The number of nitrogens with zero attached hydrogens (tertiary/aromatic N) is 2. The molecule has 0 atom stereocenters. The van der Waals surface area contributed by atoms with Gasteiger partial charge in [-0.05, 0) is 34.1 Å². The van der Waals surface area contributed by atoms with E-state index in [4.69, 9.17) is 5.11 Å². The van der Waals surface area contributed by atoms with Crippen molar-refractivity contribution in [1.82, 2.24) is 9.59 Å². The summed E-state index contributed by atoms with van der Waals surface area (Å²) >= 11 is 4.26. The van der Waals surface area contributed by atoms with Crippen molar-refractivity contribution in [3.63, 3.8) is 0 Å². The quantitative estimate of drug-likeness (QED) is 0.795. The van der Waals surface area contributed by atoms with Crippen molar-refractivity contribution >= 4 is 50.2 Å². The lowest BCUT2D eigenvalue weighted by Gasteiger charge is -2.08. The summed E-state index contributed by atoms with van der Waals surface area (Å²) in [5, 5.41) is 18.0. The summed E-state index contributed by atoms with van der Waals surface area (Å²) in [6.07, 6.45) is 1.41. The number of carbonyl (C=O) groups excluding carboxylic acids is 1. The van der Waals surface area contributed by atoms with Crippen LogP contribution in [-0.2, 0) is 0 Å². The van der Waals surface area contributed by atoms with E-state index in [2.05, 4.69) is 36.2 Å². The van der Waals surface area contributed by atoms with Crippen molar-refractivity contribution < 1.29 is 14.7 Å². The number of carboxylic acids is 1. The molecule has 1 heterocycles. The van der Waals surface area contributed by atoms with Gasteiger partial charge in [0.2, 0.25) is 0 Å². The van der Waals surface area contributed by atoms with Gasteiger partial charge in [0, 0.05) is 16.0 Å². The molecule has 0 spiro atoms. The van der Waals surface area contributed by atoms with Gasteiger partial charge in [0.1, 0.15) is 5.00 Å². The van der Waals surface area contributed by atoms with Gasteiger partial charge in [0.15, 0.2) is 0 Å².